The van der Waals surface area contributed by atoms with Gasteiger partial charge in [0.1, 0.15) is 5.52 Å². The number of benzene rings is 1. The van der Waals surface area contributed by atoms with Gasteiger partial charge in [-0.3, -0.25) is 14.7 Å². The van der Waals surface area contributed by atoms with Crippen molar-refractivity contribution in [2.75, 3.05) is 0 Å². The van der Waals surface area contributed by atoms with Gasteiger partial charge in [0.15, 0.2) is 0 Å². The van der Waals surface area contributed by atoms with Crippen molar-refractivity contribution < 1.29 is 9.34 Å². The number of hydrogen-bond donors (Lipinski definition) is 0. The lowest BCUT2D eigenvalue weighted by Crippen LogP contribution is -2.23. The molecule has 7 heteroatoms. The molecular weight excluding hydrogens is 216 g/mol. The van der Waals surface area contributed by atoms with Crippen molar-refractivity contribution in [2.45, 2.75) is 0 Å². The van der Waals surface area contributed by atoms with Crippen molar-refractivity contribution in [2.24, 2.45) is 7.05 Å². The SMILES string of the molecule is Cn1c(=O)oc(=O)c2cccc([N+](=O)[O-])c21. The van der Waals surface area contributed by atoms with Crippen molar-refractivity contribution in [3.8, 4) is 0 Å². The number of nitro groups is 1. The number of para-hydroxylation sites is 1. The van der Waals surface area contributed by atoms with Crippen LogP contribution in [0.2, 0.25) is 0 Å². The lowest BCUT2D eigenvalue weighted by atomic mass is 10.2. The monoisotopic (exact) mass is 222 g/mol. The third-order valence-electron chi connectivity index (χ3n) is 2.22. The first-order chi connectivity index (χ1) is 7.52. The van der Waals surface area contributed by atoms with E-state index in [2.05, 4.69) is 4.42 Å². The van der Waals surface area contributed by atoms with Gasteiger partial charge in [0.2, 0.25) is 0 Å². The molecule has 82 valence electrons. The molecule has 1 aromatic heterocycles. The second-order valence-corrected chi connectivity index (χ2v) is 3.14. The van der Waals surface area contributed by atoms with Gasteiger partial charge in [-0.2, -0.15) is 0 Å². The van der Waals surface area contributed by atoms with Crippen LogP contribution in [0.15, 0.2) is 32.2 Å². The van der Waals surface area contributed by atoms with E-state index in [9.17, 15) is 19.7 Å². The molecule has 0 radical (unpaired) electrons. The van der Waals surface area contributed by atoms with Gasteiger partial charge < -0.3 is 4.42 Å². The van der Waals surface area contributed by atoms with Crippen LogP contribution in [0.5, 0.6) is 0 Å². The summed E-state index contributed by atoms with van der Waals surface area (Å²) < 4.78 is 5.32. The van der Waals surface area contributed by atoms with Crippen LogP contribution in [0.3, 0.4) is 0 Å². The third-order valence-corrected chi connectivity index (χ3v) is 2.22. The zero-order valence-corrected chi connectivity index (χ0v) is 8.17. The number of fused-ring (bicyclic) bond motifs is 1. The van der Waals surface area contributed by atoms with Crippen LogP contribution in [0.4, 0.5) is 5.69 Å². The number of non-ortho nitro benzene ring substituents is 1. The summed E-state index contributed by atoms with van der Waals surface area (Å²) in [5.41, 5.74) is -1.21. The molecule has 16 heavy (non-hydrogen) atoms. The van der Waals surface area contributed by atoms with Crippen LogP contribution < -0.4 is 11.4 Å². The predicted octanol–water partition coefficient (Wildman–Crippen LogP) is 0.400. The van der Waals surface area contributed by atoms with Gasteiger partial charge in [0, 0.05) is 13.1 Å². The Labute approximate surface area is 87.7 Å². The van der Waals surface area contributed by atoms with Gasteiger partial charge in [-0.25, -0.2) is 9.59 Å². The maximum atomic E-state index is 11.3. The molecule has 0 bridgehead atoms. The number of nitro benzene ring substituents is 1. The summed E-state index contributed by atoms with van der Waals surface area (Å²) in [7, 11) is 1.31. The van der Waals surface area contributed by atoms with Gasteiger partial charge in [-0.1, -0.05) is 6.07 Å². The van der Waals surface area contributed by atoms with Gasteiger partial charge in [0.25, 0.3) is 5.69 Å². The molecule has 1 heterocycles. The lowest BCUT2D eigenvalue weighted by Gasteiger charge is -2.02. The van der Waals surface area contributed by atoms with E-state index in [1.807, 2.05) is 0 Å². The van der Waals surface area contributed by atoms with Crippen LogP contribution in [0, 0.1) is 10.1 Å². The Morgan fingerprint density at radius 3 is 2.69 bits per heavy atom. The topological polar surface area (TPSA) is 95.3 Å². The summed E-state index contributed by atoms with van der Waals surface area (Å²) in [6, 6.07) is 3.96. The van der Waals surface area contributed by atoms with Crippen molar-refractivity contribution >= 4 is 16.6 Å². The van der Waals surface area contributed by atoms with Crippen molar-refractivity contribution in [1.82, 2.24) is 4.57 Å². The van der Waals surface area contributed by atoms with Gasteiger partial charge in [0.05, 0.1) is 10.3 Å². The Morgan fingerprint density at radius 1 is 1.38 bits per heavy atom. The average molecular weight is 222 g/mol. The second kappa shape index (κ2) is 3.30. The predicted molar refractivity (Wildman–Crippen MR) is 54.4 cm³/mol. The highest BCUT2D eigenvalue weighted by Crippen LogP contribution is 2.20. The van der Waals surface area contributed by atoms with Gasteiger partial charge in [-0.15, -0.1) is 0 Å². The molecule has 0 unspecified atom stereocenters. The smallest absolute Gasteiger partial charge is 0.372 e. The molecule has 0 fully saturated rings. The largest absolute Gasteiger partial charge is 0.422 e. The highest BCUT2D eigenvalue weighted by molar-refractivity contribution is 5.86. The maximum absolute atomic E-state index is 11.3. The molecule has 0 N–H and O–H groups in total. The number of aromatic nitrogens is 1. The molecule has 0 spiro atoms. The minimum absolute atomic E-state index is 0.0105. The van der Waals surface area contributed by atoms with E-state index in [4.69, 9.17) is 0 Å². The fraction of sp³-hybridized carbons (Fsp3) is 0.111. The third kappa shape index (κ3) is 1.29. The van der Waals surface area contributed by atoms with E-state index in [-0.39, 0.29) is 16.6 Å². The quantitative estimate of drug-likeness (QED) is 0.514. The van der Waals surface area contributed by atoms with Crippen LogP contribution in [0.25, 0.3) is 10.9 Å². The first-order valence-electron chi connectivity index (χ1n) is 4.29. The number of nitrogens with zero attached hydrogens (tertiary/aromatic N) is 2. The number of rotatable bonds is 1. The molecular formula is C9H6N2O5. The molecule has 0 saturated carbocycles. The summed E-state index contributed by atoms with van der Waals surface area (Å²) in [4.78, 5) is 32.6. The molecule has 0 amide bonds. The molecule has 0 aliphatic carbocycles. The first kappa shape index (κ1) is 10.1. The summed E-state index contributed by atoms with van der Waals surface area (Å²) in [5, 5.41) is 10.8. The van der Waals surface area contributed by atoms with Gasteiger partial charge in [-0.05, 0) is 6.07 Å². The van der Waals surface area contributed by atoms with Crippen molar-refractivity contribution in [3.05, 3.63) is 49.3 Å². The molecule has 7 nitrogen and oxygen atoms in total. The zero-order valence-electron chi connectivity index (χ0n) is 8.17. The summed E-state index contributed by atoms with van der Waals surface area (Å²) in [6.45, 7) is 0. The van der Waals surface area contributed by atoms with Crippen LogP contribution in [-0.4, -0.2) is 9.49 Å². The van der Waals surface area contributed by atoms with E-state index in [0.717, 1.165) is 4.57 Å². The molecule has 2 rings (SSSR count). The molecule has 1 aromatic carbocycles. The van der Waals surface area contributed by atoms with Crippen LogP contribution in [-0.2, 0) is 7.05 Å². The van der Waals surface area contributed by atoms with Crippen LogP contribution in [0.1, 0.15) is 0 Å². The maximum Gasteiger partial charge on any atom is 0.422 e. The molecule has 0 aliphatic heterocycles. The Hall–Kier alpha value is -2.44. The van der Waals surface area contributed by atoms with Crippen molar-refractivity contribution in [1.29, 1.82) is 0 Å². The zero-order chi connectivity index (χ0) is 11.9. The Balaban J connectivity index is 3.14. The number of hydrogen-bond acceptors (Lipinski definition) is 5. The molecule has 0 atom stereocenters. The fourth-order valence-electron chi connectivity index (χ4n) is 1.49. The second-order valence-electron chi connectivity index (χ2n) is 3.14. The first-order valence-corrected chi connectivity index (χ1v) is 4.29. The lowest BCUT2D eigenvalue weighted by molar-refractivity contribution is -0.383. The van der Waals surface area contributed by atoms with Crippen molar-refractivity contribution in [3.63, 3.8) is 0 Å². The van der Waals surface area contributed by atoms with E-state index in [1.54, 1.807) is 0 Å². The average Bonchev–Trinajstić information content (AvgIpc) is 2.25. The standard InChI is InChI=1S/C9H6N2O5/c1-10-7-5(8(12)16-9(10)13)3-2-4-6(7)11(14)15/h2-4H,1H3. The Kier molecular flexibility index (Phi) is 2.08. The highest BCUT2D eigenvalue weighted by Gasteiger charge is 2.17. The van der Waals surface area contributed by atoms with E-state index in [1.165, 1.54) is 25.2 Å². The minimum atomic E-state index is -0.924. The summed E-state index contributed by atoms with van der Waals surface area (Å²) in [6.07, 6.45) is 0. The summed E-state index contributed by atoms with van der Waals surface area (Å²) in [5.74, 6) is -0.924. The molecule has 2 aromatic rings. The fourth-order valence-corrected chi connectivity index (χ4v) is 1.49. The summed E-state index contributed by atoms with van der Waals surface area (Å²) >= 11 is 0. The normalized spacial score (nSPS) is 10.6. The molecule has 0 saturated heterocycles. The highest BCUT2D eigenvalue weighted by atomic mass is 16.6. The Morgan fingerprint density at radius 2 is 2.06 bits per heavy atom. The van der Waals surface area contributed by atoms with E-state index >= 15 is 0 Å². The minimum Gasteiger partial charge on any atom is -0.372 e. The van der Waals surface area contributed by atoms with Gasteiger partial charge >= 0.3 is 11.4 Å². The Bertz CT molecular complexity index is 697. The van der Waals surface area contributed by atoms with Crippen LogP contribution >= 0.6 is 0 Å². The number of aryl methyl sites for hydroxylation is 1. The van der Waals surface area contributed by atoms with E-state index in [0.29, 0.717) is 0 Å². The molecule has 0 aliphatic rings. The van der Waals surface area contributed by atoms with E-state index < -0.39 is 16.3 Å².